The van der Waals surface area contributed by atoms with Gasteiger partial charge in [0.25, 0.3) is 5.91 Å². The van der Waals surface area contributed by atoms with E-state index >= 15 is 0 Å². The minimum absolute atomic E-state index is 0.0878. The highest BCUT2D eigenvalue weighted by Crippen LogP contribution is 2.19. The number of aromatic nitrogens is 1. The molecule has 1 aromatic carbocycles. The molecule has 1 heterocycles. The van der Waals surface area contributed by atoms with E-state index in [1.165, 1.54) is 24.4 Å². The fraction of sp³-hybridized carbons (Fsp3) is 0.143. The van der Waals surface area contributed by atoms with Crippen molar-refractivity contribution in [3.8, 4) is 5.75 Å². The molecule has 0 atom stereocenters. The van der Waals surface area contributed by atoms with Crippen LogP contribution in [0.4, 0.5) is 10.1 Å². The number of halogens is 2. The van der Waals surface area contributed by atoms with Crippen LogP contribution in [0.3, 0.4) is 0 Å². The Morgan fingerprint density at radius 3 is 2.86 bits per heavy atom. The molecule has 0 aliphatic rings. The average molecular weight is 311 g/mol. The Morgan fingerprint density at radius 2 is 2.19 bits per heavy atom. The van der Waals surface area contributed by atoms with Gasteiger partial charge in [-0.2, -0.15) is 0 Å². The van der Waals surface area contributed by atoms with Crippen LogP contribution in [0, 0.1) is 12.7 Å². The first-order chi connectivity index (χ1) is 9.97. The van der Waals surface area contributed by atoms with Gasteiger partial charge in [0.05, 0.1) is 10.7 Å². The molecule has 1 aromatic heterocycles. The molecule has 0 aliphatic heterocycles. The number of pyridine rings is 1. The average Bonchev–Trinajstić information content (AvgIpc) is 2.42. The molecular formula is C14H12ClFN2O3. The summed E-state index contributed by atoms with van der Waals surface area (Å²) in [7, 11) is 0. The maximum atomic E-state index is 13.0. The van der Waals surface area contributed by atoms with E-state index in [9.17, 15) is 14.0 Å². The van der Waals surface area contributed by atoms with Gasteiger partial charge in [-0.3, -0.25) is 9.59 Å². The predicted octanol–water partition coefficient (Wildman–Crippen LogP) is 2.49. The van der Waals surface area contributed by atoms with Crippen LogP contribution < -0.4 is 15.5 Å². The number of ether oxygens (including phenoxy) is 1. The van der Waals surface area contributed by atoms with E-state index in [-0.39, 0.29) is 22.8 Å². The van der Waals surface area contributed by atoms with Crippen molar-refractivity contribution < 1.29 is 13.9 Å². The zero-order valence-corrected chi connectivity index (χ0v) is 11.8. The molecule has 0 aliphatic carbocycles. The summed E-state index contributed by atoms with van der Waals surface area (Å²) >= 11 is 5.61. The van der Waals surface area contributed by atoms with Crippen LogP contribution >= 0.6 is 11.6 Å². The second kappa shape index (κ2) is 6.41. The van der Waals surface area contributed by atoms with Crippen molar-refractivity contribution in [3.05, 3.63) is 57.2 Å². The zero-order chi connectivity index (χ0) is 15.4. The second-order valence-corrected chi connectivity index (χ2v) is 4.67. The van der Waals surface area contributed by atoms with E-state index in [0.29, 0.717) is 11.4 Å². The lowest BCUT2D eigenvalue weighted by Crippen LogP contribution is -2.22. The van der Waals surface area contributed by atoms with Crippen molar-refractivity contribution in [3.63, 3.8) is 0 Å². The van der Waals surface area contributed by atoms with E-state index in [2.05, 4.69) is 10.3 Å². The molecule has 7 heteroatoms. The van der Waals surface area contributed by atoms with E-state index in [1.54, 1.807) is 6.92 Å². The molecule has 5 nitrogen and oxygen atoms in total. The summed E-state index contributed by atoms with van der Waals surface area (Å²) in [6.07, 6.45) is 1.49. The van der Waals surface area contributed by atoms with Crippen molar-refractivity contribution in [1.29, 1.82) is 0 Å². The fourth-order valence-electron chi connectivity index (χ4n) is 1.66. The lowest BCUT2D eigenvalue weighted by molar-refractivity contribution is -0.118. The summed E-state index contributed by atoms with van der Waals surface area (Å²) in [5.41, 5.74) is 0.553. The Labute approximate surface area is 124 Å². The summed E-state index contributed by atoms with van der Waals surface area (Å²) in [4.78, 5) is 26.1. The smallest absolute Gasteiger partial charge is 0.262 e. The zero-order valence-electron chi connectivity index (χ0n) is 11.1. The van der Waals surface area contributed by atoms with Gasteiger partial charge >= 0.3 is 0 Å². The third-order valence-electron chi connectivity index (χ3n) is 2.65. The number of aromatic amines is 1. The van der Waals surface area contributed by atoms with Crippen LogP contribution in [0.2, 0.25) is 5.02 Å². The number of nitrogens with one attached hydrogen (secondary N) is 2. The lowest BCUT2D eigenvalue weighted by Gasteiger charge is -2.09. The van der Waals surface area contributed by atoms with Gasteiger partial charge in [0.2, 0.25) is 5.43 Å². The Bertz CT molecular complexity index is 730. The minimum Gasteiger partial charge on any atom is -0.478 e. The second-order valence-electron chi connectivity index (χ2n) is 4.26. The molecule has 0 saturated carbocycles. The van der Waals surface area contributed by atoms with Gasteiger partial charge in [-0.25, -0.2) is 4.39 Å². The predicted molar refractivity (Wildman–Crippen MR) is 77.3 cm³/mol. The highest BCUT2D eigenvalue weighted by molar-refractivity contribution is 6.31. The number of carbonyl (C=O) groups excluding carboxylic acids is 1. The summed E-state index contributed by atoms with van der Waals surface area (Å²) < 4.78 is 18.2. The van der Waals surface area contributed by atoms with Crippen LogP contribution in [0.25, 0.3) is 0 Å². The fourth-order valence-corrected chi connectivity index (χ4v) is 1.84. The molecule has 0 unspecified atom stereocenters. The van der Waals surface area contributed by atoms with Gasteiger partial charge in [-0.1, -0.05) is 11.6 Å². The quantitative estimate of drug-likeness (QED) is 0.911. The SMILES string of the molecule is Cc1[nH]ccc(=O)c1OCC(=O)Nc1ccc(F)c(Cl)c1. The van der Waals surface area contributed by atoms with Gasteiger partial charge in [0.15, 0.2) is 12.4 Å². The minimum atomic E-state index is -0.572. The molecule has 2 aromatic rings. The number of carbonyl (C=O) groups is 1. The molecule has 2 rings (SSSR count). The van der Waals surface area contributed by atoms with Crippen molar-refractivity contribution in [1.82, 2.24) is 4.98 Å². The van der Waals surface area contributed by atoms with Crippen LogP contribution in [-0.2, 0) is 4.79 Å². The van der Waals surface area contributed by atoms with Crippen molar-refractivity contribution in [2.45, 2.75) is 6.92 Å². The highest BCUT2D eigenvalue weighted by atomic mass is 35.5. The highest BCUT2D eigenvalue weighted by Gasteiger charge is 2.09. The van der Waals surface area contributed by atoms with E-state index in [0.717, 1.165) is 6.07 Å². The van der Waals surface area contributed by atoms with Crippen molar-refractivity contribution in [2.75, 3.05) is 11.9 Å². The van der Waals surface area contributed by atoms with Crippen molar-refractivity contribution >= 4 is 23.2 Å². The summed E-state index contributed by atoms with van der Waals surface area (Å²) in [5.74, 6) is -0.970. The first-order valence-electron chi connectivity index (χ1n) is 6.03. The molecule has 2 N–H and O–H groups in total. The summed E-state index contributed by atoms with van der Waals surface area (Å²) in [6, 6.07) is 5.11. The van der Waals surface area contributed by atoms with Crippen LogP contribution in [0.1, 0.15) is 5.69 Å². The maximum absolute atomic E-state index is 13.0. The first kappa shape index (κ1) is 15.1. The molecule has 110 valence electrons. The topological polar surface area (TPSA) is 71.2 Å². The van der Waals surface area contributed by atoms with E-state index in [4.69, 9.17) is 16.3 Å². The molecule has 1 amide bonds. The number of benzene rings is 1. The number of hydrogen-bond donors (Lipinski definition) is 2. The standard InChI is InChI=1S/C14H12ClFN2O3/c1-8-14(12(19)4-5-17-8)21-7-13(20)18-9-2-3-11(16)10(15)6-9/h2-6H,7H2,1H3,(H,17,19)(H,18,20). The number of anilines is 1. The Kier molecular flexibility index (Phi) is 4.59. The van der Waals surface area contributed by atoms with Gasteiger partial charge in [0, 0.05) is 18.0 Å². The molecule has 0 saturated heterocycles. The Morgan fingerprint density at radius 1 is 1.43 bits per heavy atom. The molecule has 0 spiro atoms. The maximum Gasteiger partial charge on any atom is 0.262 e. The number of hydrogen-bond acceptors (Lipinski definition) is 3. The number of aryl methyl sites for hydroxylation is 1. The molecule has 0 radical (unpaired) electrons. The van der Waals surface area contributed by atoms with Crippen molar-refractivity contribution in [2.24, 2.45) is 0 Å². The molecule has 0 bridgehead atoms. The molecule has 0 fully saturated rings. The molecule has 21 heavy (non-hydrogen) atoms. The molecular weight excluding hydrogens is 299 g/mol. The van der Waals surface area contributed by atoms with Gasteiger partial charge in [0.1, 0.15) is 5.82 Å². The van der Waals surface area contributed by atoms with E-state index in [1.807, 2.05) is 0 Å². The number of H-pyrrole nitrogens is 1. The van der Waals surface area contributed by atoms with Crippen LogP contribution in [-0.4, -0.2) is 17.5 Å². The van der Waals surface area contributed by atoms with Crippen LogP contribution in [0.15, 0.2) is 35.3 Å². The van der Waals surface area contributed by atoms with Crippen LogP contribution in [0.5, 0.6) is 5.75 Å². The summed E-state index contributed by atoms with van der Waals surface area (Å²) in [5, 5.41) is 2.40. The monoisotopic (exact) mass is 310 g/mol. The third kappa shape index (κ3) is 3.82. The largest absolute Gasteiger partial charge is 0.478 e. The van der Waals surface area contributed by atoms with Gasteiger partial charge in [-0.15, -0.1) is 0 Å². The number of amides is 1. The van der Waals surface area contributed by atoms with Gasteiger partial charge < -0.3 is 15.0 Å². The third-order valence-corrected chi connectivity index (χ3v) is 2.94. The van der Waals surface area contributed by atoms with Gasteiger partial charge in [-0.05, 0) is 25.1 Å². The van der Waals surface area contributed by atoms with E-state index < -0.39 is 11.7 Å². The Balaban J connectivity index is 1.99. The number of rotatable bonds is 4. The normalized spacial score (nSPS) is 10.2. The Hall–Kier alpha value is -2.34. The first-order valence-corrected chi connectivity index (χ1v) is 6.41. The summed E-state index contributed by atoms with van der Waals surface area (Å²) in [6.45, 7) is 1.32. The lowest BCUT2D eigenvalue weighted by atomic mass is 10.3.